The number of nitrogens with zero attached hydrogens (tertiary/aromatic N) is 1. The van der Waals surface area contributed by atoms with E-state index in [1.807, 2.05) is 0 Å². The number of nitrogens with two attached hydrogens (primary N) is 1. The molecule has 3 nitrogen and oxygen atoms in total. The molecule has 1 heterocycles. The van der Waals surface area contributed by atoms with E-state index in [9.17, 15) is 13.2 Å². The molecule has 0 aliphatic rings. The van der Waals surface area contributed by atoms with E-state index in [-0.39, 0.29) is 12.4 Å². The number of rotatable bonds is 3. The second-order valence-electron chi connectivity index (χ2n) is 3.86. The van der Waals surface area contributed by atoms with E-state index in [0.717, 1.165) is 6.07 Å². The summed E-state index contributed by atoms with van der Waals surface area (Å²) >= 11 is 0. The highest BCUT2D eigenvalue weighted by molar-refractivity contribution is 5.44. The summed E-state index contributed by atoms with van der Waals surface area (Å²) in [7, 11) is 0. The van der Waals surface area contributed by atoms with Gasteiger partial charge in [0.1, 0.15) is 12.4 Å². The van der Waals surface area contributed by atoms with Crippen molar-refractivity contribution in [3.05, 3.63) is 53.9 Å². The number of halogens is 3. The molecule has 0 fully saturated rings. The van der Waals surface area contributed by atoms with Crippen LogP contribution in [-0.4, -0.2) is 4.98 Å². The average Bonchev–Trinajstić information content (AvgIpc) is 2.37. The standard InChI is InChI=1S/C13H11F3N2O/c14-13(15,16)10-3-1-2-4-12(10)19-8-9-5-6-18-7-11(9)17/h1-7H,8,17H2. The van der Waals surface area contributed by atoms with E-state index in [1.165, 1.54) is 30.6 Å². The van der Waals surface area contributed by atoms with Crippen LogP contribution in [0.3, 0.4) is 0 Å². The maximum absolute atomic E-state index is 12.7. The van der Waals surface area contributed by atoms with Crippen LogP contribution in [-0.2, 0) is 12.8 Å². The van der Waals surface area contributed by atoms with Crippen molar-refractivity contribution < 1.29 is 17.9 Å². The maximum Gasteiger partial charge on any atom is 0.419 e. The molecule has 0 spiro atoms. The first kappa shape index (κ1) is 13.2. The summed E-state index contributed by atoms with van der Waals surface area (Å²) in [6, 6.07) is 6.66. The number of benzene rings is 1. The van der Waals surface area contributed by atoms with Crippen molar-refractivity contribution in [1.29, 1.82) is 0 Å². The van der Waals surface area contributed by atoms with Crippen molar-refractivity contribution in [2.24, 2.45) is 0 Å². The fourth-order valence-corrected chi connectivity index (χ4v) is 1.55. The quantitative estimate of drug-likeness (QED) is 0.929. The highest BCUT2D eigenvalue weighted by atomic mass is 19.4. The van der Waals surface area contributed by atoms with Crippen molar-refractivity contribution in [1.82, 2.24) is 4.98 Å². The summed E-state index contributed by atoms with van der Waals surface area (Å²) in [6.07, 6.45) is -1.51. The van der Waals surface area contributed by atoms with Crippen molar-refractivity contribution in [3.63, 3.8) is 0 Å². The average molecular weight is 268 g/mol. The van der Waals surface area contributed by atoms with Gasteiger partial charge in [0.2, 0.25) is 0 Å². The van der Waals surface area contributed by atoms with Crippen LogP contribution in [0.4, 0.5) is 18.9 Å². The van der Waals surface area contributed by atoms with Gasteiger partial charge >= 0.3 is 6.18 Å². The molecule has 2 rings (SSSR count). The highest BCUT2D eigenvalue weighted by Gasteiger charge is 2.33. The minimum absolute atomic E-state index is 0.0402. The Morgan fingerprint density at radius 2 is 1.89 bits per heavy atom. The Hall–Kier alpha value is -2.24. The van der Waals surface area contributed by atoms with Crippen molar-refractivity contribution in [2.45, 2.75) is 12.8 Å². The molecule has 0 aliphatic heterocycles. The highest BCUT2D eigenvalue weighted by Crippen LogP contribution is 2.36. The van der Waals surface area contributed by atoms with Crippen molar-refractivity contribution >= 4 is 5.69 Å². The molecular formula is C13H11F3N2O. The number of hydrogen-bond donors (Lipinski definition) is 1. The molecule has 100 valence electrons. The number of para-hydroxylation sites is 1. The van der Waals surface area contributed by atoms with Crippen LogP contribution in [0.2, 0.25) is 0 Å². The van der Waals surface area contributed by atoms with E-state index in [1.54, 1.807) is 6.07 Å². The Morgan fingerprint density at radius 1 is 1.16 bits per heavy atom. The van der Waals surface area contributed by atoms with Gasteiger partial charge in [-0.3, -0.25) is 4.98 Å². The zero-order chi connectivity index (χ0) is 13.9. The number of alkyl halides is 3. The molecule has 6 heteroatoms. The molecule has 2 aromatic rings. The van der Waals surface area contributed by atoms with E-state index < -0.39 is 11.7 Å². The van der Waals surface area contributed by atoms with Gasteiger partial charge in [-0.25, -0.2) is 0 Å². The first-order valence-electron chi connectivity index (χ1n) is 5.46. The van der Waals surface area contributed by atoms with Gasteiger partial charge < -0.3 is 10.5 Å². The number of ether oxygens (including phenoxy) is 1. The summed E-state index contributed by atoms with van der Waals surface area (Å²) in [5, 5.41) is 0. The molecular weight excluding hydrogens is 257 g/mol. The summed E-state index contributed by atoms with van der Waals surface area (Å²) in [5.41, 5.74) is 5.81. The SMILES string of the molecule is Nc1cnccc1COc1ccccc1C(F)(F)F. The normalized spacial score (nSPS) is 11.3. The van der Waals surface area contributed by atoms with Crippen LogP contribution in [0.5, 0.6) is 5.75 Å². The predicted molar refractivity (Wildman–Crippen MR) is 64.4 cm³/mol. The molecule has 0 aliphatic carbocycles. The van der Waals surface area contributed by atoms with Gasteiger partial charge in [0, 0.05) is 11.8 Å². The minimum atomic E-state index is -4.44. The molecule has 0 unspecified atom stereocenters. The van der Waals surface area contributed by atoms with Crippen molar-refractivity contribution in [3.8, 4) is 5.75 Å². The van der Waals surface area contributed by atoms with E-state index in [2.05, 4.69) is 4.98 Å². The summed E-state index contributed by atoms with van der Waals surface area (Å²) < 4.78 is 43.4. The van der Waals surface area contributed by atoms with Crippen LogP contribution < -0.4 is 10.5 Å². The lowest BCUT2D eigenvalue weighted by Crippen LogP contribution is -2.09. The van der Waals surface area contributed by atoms with Crippen LogP contribution in [0.15, 0.2) is 42.7 Å². The number of hydrogen-bond acceptors (Lipinski definition) is 3. The second-order valence-corrected chi connectivity index (χ2v) is 3.86. The molecule has 0 amide bonds. The molecule has 0 saturated heterocycles. The third kappa shape index (κ3) is 3.15. The lowest BCUT2D eigenvalue weighted by molar-refractivity contribution is -0.139. The van der Waals surface area contributed by atoms with E-state index >= 15 is 0 Å². The van der Waals surface area contributed by atoms with Gasteiger partial charge in [-0.05, 0) is 18.2 Å². The van der Waals surface area contributed by atoms with Gasteiger partial charge in [-0.1, -0.05) is 12.1 Å². The monoisotopic (exact) mass is 268 g/mol. The Kier molecular flexibility index (Phi) is 3.59. The molecule has 1 aromatic carbocycles. The number of pyridine rings is 1. The predicted octanol–water partition coefficient (Wildman–Crippen LogP) is 3.26. The first-order valence-corrected chi connectivity index (χ1v) is 5.46. The fourth-order valence-electron chi connectivity index (χ4n) is 1.55. The number of anilines is 1. The molecule has 2 N–H and O–H groups in total. The topological polar surface area (TPSA) is 48.1 Å². The van der Waals surface area contributed by atoms with Crippen LogP contribution in [0.25, 0.3) is 0 Å². The van der Waals surface area contributed by atoms with Gasteiger partial charge in [0.15, 0.2) is 0 Å². The van der Waals surface area contributed by atoms with E-state index in [4.69, 9.17) is 10.5 Å². The first-order chi connectivity index (χ1) is 8.98. The Bertz CT molecular complexity index is 570. The van der Waals surface area contributed by atoms with Crippen LogP contribution in [0.1, 0.15) is 11.1 Å². The largest absolute Gasteiger partial charge is 0.488 e. The molecule has 0 saturated carbocycles. The third-order valence-electron chi connectivity index (χ3n) is 2.52. The van der Waals surface area contributed by atoms with E-state index in [0.29, 0.717) is 11.3 Å². The zero-order valence-electron chi connectivity index (χ0n) is 9.82. The fraction of sp³-hybridized carbons (Fsp3) is 0.154. The number of nitrogen functional groups attached to an aromatic ring is 1. The Morgan fingerprint density at radius 3 is 2.58 bits per heavy atom. The van der Waals surface area contributed by atoms with Crippen LogP contribution >= 0.6 is 0 Å². The lowest BCUT2D eigenvalue weighted by Gasteiger charge is -2.14. The third-order valence-corrected chi connectivity index (χ3v) is 2.52. The van der Waals surface area contributed by atoms with Gasteiger partial charge in [0.05, 0.1) is 17.4 Å². The van der Waals surface area contributed by atoms with Gasteiger partial charge in [-0.15, -0.1) is 0 Å². The van der Waals surface area contributed by atoms with Crippen LogP contribution in [0, 0.1) is 0 Å². The molecule has 0 radical (unpaired) electrons. The molecule has 0 atom stereocenters. The second kappa shape index (κ2) is 5.17. The summed E-state index contributed by atoms with van der Waals surface area (Å²) in [5.74, 6) is -0.216. The Balaban J connectivity index is 2.19. The maximum atomic E-state index is 12.7. The lowest BCUT2D eigenvalue weighted by atomic mass is 10.2. The zero-order valence-corrected chi connectivity index (χ0v) is 9.82. The van der Waals surface area contributed by atoms with Gasteiger partial charge in [-0.2, -0.15) is 13.2 Å². The molecule has 0 bridgehead atoms. The summed E-state index contributed by atoms with van der Waals surface area (Å²) in [6.45, 7) is -0.0402. The smallest absolute Gasteiger partial charge is 0.419 e. The minimum Gasteiger partial charge on any atom is -0.488 e. The van der Waals surface area contributed by atoms with Crippen molar-refractivity contribution in [2.75, 3.05) is 5.73 Å². The molecule has 19 heavy (non-hydrogen) atoms. The molecule has 1 aromatic heterocycles. The Labute approximate surface area is 107 Å². The summed E-state index contributed by atoms with van der Waals surface area (Å²) in [4.78, 5) is 3.80. The number of aromatic nitrogens is 1. The van der Waals surface area contributed by atoms with Gasteiger partial charge in [0.25, 0.3) is 0 Å².